The first kappa shape index (κ1) is 21.3. The molecule has 0 spiro atoms. The van der Waals surface area contributed by atoms with Crippen LogP contribution in [-0.4, -0.2) is 50.8 Å². The number of benzene rings is 1. The van der Waals surface area contributed by atoms with Crippen LogP contribution in [0, 0.1) is 11.7 Å². The van der Waals surface area contributed by atoms with Gasteiger partial charge in [0, 0.05) is 38.7 Å². The highest BCUT2D eigenvalue weighted by Gasteiger charge is 2.37. The topological polar surface area (TPSA) is 77.0 Å². The first-order chi connectivity index (χ1) is 13.1. The van der Waals surface area contributed by atoms with Gasteiger partial charge in [-0.05, 0) is 43.5 Å². The zero-order valence-corrected chi connectivity index (χ0v) is 15.8. The molecule has 2 rings (SSSR count). The van der Waals surface area contributed by atoms with E-state index in [1.807, 2.05) is 6.92 Å². The molecule has 0 bridgehead atoms. The van der Waals surface area contributed by atoms with Crippen molar-refractivity contribution in [1.82, 2.24) is 5.32 Å². The van der Waals surface area contributed by atoms with Gasteiger partial charge in [-0.2, -0.15) is 0 Å². The van der Waals surface area contributed by atoms with Gasteiger partial charge in [-0.25, -0.2) is 4.39 Å². The van der Waals surface area contributed by atoms with Crippen LogP contribution in [0.25, 0.3) is 0 Å². The molecule has 27 heavy (non-hydrogen) atoms. The summed E-state index contributed by atoms with van der Waals surface area (Å²) in [5, 5.41) is 12.0. The highest BCUT2D eigenvalue weighted by Crippen LogP contribution is 2.39. The highest BCUT2D eigenvalue weighted by atomic mass is 19.1. The fourth-order valence-corrected chi connectivity index (χ4v) is 3.18. The lowest BCUT2D eigenvalue weighted by molar-refractivity contribution is -0.166. The number of amides is 1. The number of carbonyl (C=O) groups excluding carboxylic acids is 1. The second-order valence-corrected chi connectivity index (χ2v) is 6.33. The summed E-state index contributed by atoms with van der Waals surface area (Å²) in [5.74, 6) is -0.770. The second kappa shape index (κ2) is 11.0. The first-order valence-electron chi connectivity index (χ1n) is 9.24. The third kappa shape index (κ3) is 6.02. The third-order valence-electron chi connectivity index (χ3n) is 4.48. The number of nitrogens with one attached hydrogen (secondary N) is 1. The lowest BCUT2D eigenvalue weighted by atomic mass is 9.80. The van der Waals surface area contributed by atoms with E-state index in [1.165, 1.54) is 12.1 Å². The average molecular weight is 381 g/mol. The number of aliphatic hydroxyl groups excluding tert-OH is 1. The maximum Gasteiger partial charge on any atom is 0.286 e. The van der Waals surface area contributed by atoms with Gasteiger partial charge in [-0.3, -0.25) is 4.79 Å². The molecule has 0 saturated heterocycles. The number of methoxy groups -OCH3 is 1. The number of carbonyl (C=O) groups is 1. The largest absolute Gasteiger partial charge is 0.459 e. The van der Waals surface area contributed by atoms with Crippen molar-refractivity contribution < 1.29 is 28.5 Å². The van der Waals surface area contributed by atoms with E-state index in [-0.39, 0.29) is 35.9 Å². The Bertz CT molecular complexity index is 619. The fourth-order valence-electron chi connectivity index (χ4n) is 3.18. The van der Waals surface area contributed by atoms with Gasteiger partial charge < -0.3 is 24.6 Å². The summed E-state index contributed by atoms with van der Waals surface area (Å²) in [6, 6.07) is 6.21. The number of hydrogen-bond acceptors (Lipinski definition) is 5. The number of halogens is 1. The Morgan fingerprint density at radius 1 is 1.33 bits per heavy atom. The summed E-state index contributed by atoms with van der Waals surface area (Å²) in [5.41, 5.74) is 0.870. The van der Waals surface area contributed by atoms with E-state index >= 15 is 0 Å². The third-order valence-corrected chi connectivity index (χ3v) is 4.48. The van der Waals surface area contributed by atoms with Crippen LogP contribution in [0.1, 0.15) is 31.2 Å². The van der Waals surface area contributed by atoms with Gasteiger partial charge in [0.25, 0.3) is 5.91 Å². The van der Waals surface area contributed by atoms with Crippen molar-refractivity contribution in [2.45, 2.75) is 32.0 Å². The summed E-state index contributed by atoms with van der Waals surface area (Å²) in [6.45, 7) is 3.10. The fraction of sp³-hybridized carbons (Fsp3) is 0.550. The molecule has 0 fully saturated rings. The van der Waals surface area contributed by atoms with Crippen LogP contribution in [0.15, 0.2) is 36.1 Å². The van der Waals surface area contributed by atoms with E-state index in [9.17, 15) is 14.3 Å². The molecule has 150 valence electrons. The van der Waals surface area contributed by atoms with Crippen molar-refractivity contribution in [2.75, 3.05) is 33.5 Å². The Balaban J connectivity index is 2.31. The molecule has 1 aromatic carbocycles. The molecule has 0 saturated carbocycles. The Hall–Kier alpha value is -1.96. The number of hydrogen-bond donors (Lipinski definition) is 2. The molecular weight excluding hydrogens is 353 g/mol. The molecule has 0 radical (unpaired) electrons. The normalized spacial score (nSPS) is 22.1. The van der Waals surface area contributed by atoms with E-state index in [0.717, 1.165) is 5.56 Å². The molecule has 1 heterocycles. The smallest absolute Gasteiger partial charge is 0.286 e. The molecule has 6 nitrogen and oxygen atoms in total. The molecule has 1 amide bonds. The van der Waals surface area contributed by atoms with Crippen LogP contribution >= 0.6 is 0 Å². The van der Waals surface area contributed by atoms with E-state index < -0.39 is 6.29 Å². The summed E-state index contributed by atoms with van der Waals surface area (Å²) in [6.07, 6.45) is 2.37. The van der Waals surface area contributed by atoms with Crippen LogP contribution < -0.4 is 5.32 Å². The Kier molecular flexibility index (Phi) is 8.71. The van der Waals surface area contributed by atoms with E-state index in [2.05, 4.69) is 5.32 Å². The molecule has 0 unspecified atom stereocenters. The SMILES string of the molecule is CCO[C@H]1OC(C(=O)NCCOC)=C[C@@H](c2ccc(F)cc2)[C@@H]1CCCO. The van der Waals surface area contributed by atoms with Crippen LogP contribution in [0.4, 0.5) is 4.39 Å². The quantitative estimate of drug-likeness (QED) is 0.609. The van der Waals surface area contributed by atoms with E-state index in [1.54, 1.807) is 25.3 Å². The Morgan fingerprint density at radius 2 is 2.07 bits per heavy atom. The van der Waals surface area contributed by atoms with Crippen LogP contribution in [0.2, 0.25) is 0 Å². The minimum absolute atomic E-state index is 0.0551. The monoisotopic (exact) mass is 381 g/mol. The standard InChI is InChI=1S/C20H28FNO5/c1-3-26-20-16(5-4-11-23)17(14-6-8-15(21)9-7-14)13-18(27-20)19(24)22-10-12-25-2/h6-9,13,16-17,20,23H,3-5,10-12H2,1-2H3,(H,22,24)/t16-,17-,20-/m0/s1. The molecule has 1 aliphatic heterocycles. The summed E-state index contributed by atoms with van der Waals surface area (Å²) >= 11 is 0. The molecule has 0 aliphatic carbocycles. The minimum atomic E-state index is -0.621. The number of rotatable bonds is 10. The van der Waals surface area contributed by atoms with Crippen molar-refractivity contribution in [3.63, 3.8) is 0 Å². The lowest BCUT2D eigenvalue weighted by Gasteiger charge is -2.37. The van der Waals surface area contributed by atoms with Gasteiger partial charge in [-0.1, -0.05) is 12.1 Å². The van der Waals surface area contributed by atoms with Gasteiger partial charge in [0.2, 0.25) is 6.29 Å². The van der Waals surface area contributed by atoms with Gasteiger partial charge >= 0.3 is 0 Å². The lowest BCUT2D eigenvalue weighted by Crippen LogP contribution is -2.39. The molecule has 3 atom stereocenters. The van der Waals surface area contributed by atoms with Gasteiger partial charge in [0.05, 0.1) is 6.61 Å². The van der Waals surface area contributed by atoms with Crippen LogP contribution in [-0.2, 0) is 19.0 Å². The maximum absolute atomic E-state index is 13.4. The predicted molar refractivity (Wildman–Crippen MR) is 98.4 cm³/mol. The molecule has 1 aliphatic rings. The van der Waals surface area contributed by atoms with Gasteiger partial charge in [-0.15, -0.1) is 0 Å². The van der Waals surface area contributed by atoms with Crippen LogP contribution in [0.5, 0.6) is 0 Å². The minimum Gasteiger partial charge on any atom is -0.459 e. The maximum atomic E-state index is 13.4. The summed E-state index contributed by atoms with van der Waals surface area (Å²) < 4.78 is 29.9. The van der Waals surface area contributed by atoms with Gasteiger partial charge in [0.15, 0.2) is 5.76 Å². The van der Waals surface area contributed by atoms with Crippen molar-refractivity contribution in [3.05, 3.63) is 47.5 Å². The zero-order valence-electron chi connectivity index (χ0n) is 15.8. The summed E-state index contributed by atoms with van der Waals surface area (Å²) in [7, 11) is 1.56. The molecule has 2 N–H and O–H groups in total. The molecule has 0 aromatic heterocycles. The Morgan fingerprint density at radius 3 is 2.70 bits per heavy atom. The van der Waals surface area contributed by atoms with E-state index in [0.29, 0.717) is 32.6 Å². The van der Waals surface area contributed by atoms with Crippen molar-refractivity contribution in [1.29, 1.82) is 0 Å². The zero-order chi connectivity index (χ0) is 19.6. The van der Waals surface area contributed by atoms with Crippen molar-refractivity contribution in [3.8, 4) is 0 Å². The number of aliphatic hydroxyl groups is 1. The van der Waals surface area contributed by atoms with Crippen LogP contribution in [0.3, 0.4) is 0 Å². The van der Waals surface area contributed by atoms with Crippen molar-refractivity contribution in [2.24, 2.45) is 5.92 Å². The molecular formula is C20H28FNO5. The second-order valence-electron chi connectivity index (χ2n) is 6.33. The highest BCUT2D eigenvalue weighted by molar-refractivity contribution is 5.91. The predicted octanol–water partition coefficient (Wildman–Crippen LogP) is 2.34. The summed E-state index contributed by atoms with van der Waals surface area (Å²) in [4.78, 5) is 12.5. The Labute approximate surface area is 159 Å². The number of ether oxygens (including phenoxy) is 3. The average Bonchev–Trinajstić information content (AvgIpc) is 2.67. The van der Waals surface area contributed by atoms with Crippen molar-refractivity contribution >= 4 is 5.91 Å². The van der Waals surface area contributed by atoms with E-state index in [4.69, 9.17) is 14.2 Å². The molecule has 7 heteroatoms. The van der Waals surface area contributed by atoms with Gasteiger partial charge in [0.1, 0.15) is 5.82 Å². The molecule has 1 aromatic rings. The number of allylic oxidation sites excluding steroid dienone is 1. The first-order valence-corrected chi connectivity index (χ1v) is 9.24.